The van der Waals surface area contributed by atoms with Crippen LogP contribution in [-0.4, -0.2) is 33.8 Å². The van der Waals surface area contributed by atoms with Crippen molar-refractivity contribution >= 4 is 23.5 Å². The van der Waals surface area contributed by atoms with Gasteiger partial charge in [-0.2, -0.15) is 0 Å². The third kappa shape index (κ3) is 5.35. The summed E-state index contributed by atoms with van der Waals surface area (Å²) in [5.41, 5.74) is 0.536. The summed E-state index contributed by atoms with van der Waals surface area (Å²) >= 11 is 1.41. The first-order chi connectivity index (χ1) is 8.51. The number of hydrogen-bond acceptors (Lipinski definition) is 5. The number of carboxylic acids is 1. The molecule has 0 aromatic carbocycles. The van der Waals surface area contributed by atoms with E-state index in [-0.39, 0.29) is 6.42 Å². The fraction of sp³-hybridized carbons (Fsp3) is 0.583. The van der Waals surface area contributed by atoms with Crippen molar-refractivity contribution < 1.29 is 9.90 Å². The van der Waals surface area contributed by atoms with Crippen molar-refractivity contribution in [1.82, 2.24) is 9.97 Å². The molecule has 0 fully saturated rings. The summed E-state index contributed by atoms with van der Waals surface area (Å²) in [4.78, 5) is 19.2. The van der Waals surface area contributed by atoms with E-state index in [4.69, 9.17) is 5.11 Å². The number of hydrogen-bond donors (Lipinski definition) is 2. The van der Waals surface area contributed by atoms with Gasteiger partial charge in [0.05, 0.1) is 12.1 Å². The molecular formula is C12H19N3O2S. The van der Waals surface area contributed by atoms with Crippen LogP contribution in [0.25, 0.3) is 0 Å². The van der Waals surface area contributed by atoms with Gasteiger partial charge >= 0.3 is 5.97 Å². The van der Waals surface area contributed by atoms with E-state index in [9.17, 15) is 4.79 Å². The van der Waals surface area contributed by atoms with E-state index in [1.807, 2.05) is 6.26 Å². The van der Waals surface area contributed by atoms with Crippen molar-refractivity contribution in [3.63, 3.8) is 0 Å². The lowest BCUT2D eigenvalue weighted by Crippen LogP contribution is -2.09. The van der Waals surface area contributed by atoms with Gasteiger partial charge in [-0.1, -0.05) is 25.6 Å². The van der Waals surface area contributed by atoms with Crippen LogP contribution in [0.3, 0.4) is 0 Å². The molecule has 0 atom stereocenters. The highest BCUT2D eigenvalue weighted by Gasteiger charge is 2.07. The van der Waals surface area contributed by atoms with Crippen LogP contribution in [0, 0.1) is 5.92 Å². The van der Waals surface area contributed by atoms with Crippen LogP contribution < -0.4 is 5.32 Å². The van der Waals surface area contributed by atoms with Crippen LogP contribution >= 0.6 is 11.8 Å². The van der Waals surface area contributed by atoms with Gasteiger partial charge in [-0.25, -0.2) is 9.97 Å². The maximum absolute atomic E-state index is 10.7. The van der Waals surface area contributed by atoms with Crippen LogP contribution in [0.2, 0.25) is 0 Å². The number of aliphatic carboxylic acids is 1. The zero-order chi connectivity index (χ0) is 13.5. The lowest BCUT2D eigenvalue weighted by molar-refractivity contribution is -0.136. The first kappa shape index (κ1) is 14.8. The molecular weight excluding hydrogens is 250 g/mol. The minimum Gasteiger partial charge on any atom is -0.481 e. The molecule has 1 aromatic heterocycles. The highest BCUT2D eigenvalue weighted by atomic mass is 32.2. The number of rotatable bonds is 7. The second-order valence-corrected chi connectivity index (χ2v) is 5.18. The first-order valence-corrected chi connectivity index (χ1v) is 7.11. The Morgan fingerprint density at radius 1 is 1.50 bits per heavy atom. The van der Waals surface area contributed by atoms with Gasteiger partial charge in [0.2, 0.25) is 0 Å². The van der Waals surface area contributed by atoms with E-state index in [2.05, 4.69) is 29.1 Å². The minimum atomic E-state index is -0.881. The molecule has 6 heteroatoms. The van der Waals surface area contributed by atoms with Gasteiger partial charge < -0.3 is 10.4 Å². The van der Waals surface area contributed by atoms with Gasteiger partial charge in [0.1, 0.15) is 5.82 Å². The van der Waals surface area contributed by atoms with E-state index in [0.29, 0.717) is 22.6 Å². The SMILES string of the molecule is CSc1nc(CC(=O)O)cc(NCCC(C)C)n1. The Hall–Kier alpha value is -1.30. The number of nitrogens with zero attached hydrogens (tertiary/aromatic N) is 2. The first-order valence-electron chi connectivity index (χ1n) is 5.89. The number of aromatic nitrogens is 2. The van der Waals surface area contributed by atoms with Crippen LogP contribution in [0.4, 0.5) is 5.82 Å². The largest absolute Gasteiger partial charge is 0.481 e. The average Bonchev–Trinajstić information content (AvgIpc) is 2.27. The zero-order valence-corrected chi connectivity index (χ0v) is 11.8. The standard InChI is InChI=1S/C12H19N3O2S/c1-8(2)4-5-13-10-6-9(7-11(16)17)14-12(15-10)18-3/h6,8H,4-5,7H2,1-3H3,(H,16,17)(H,13,14,15). The zero-order valence-electron chi connectivity index (χ0n) is 10.9. The van der Waals surface area contributed by atoms with Gasteiger partial charge in [0.15, 0.2) is 5.16 Å². The number of carboxylic acid groups (broad SMARTS) is 1. The molecule has 1 heterocycles. The quantitative estimate of drug-likeness (QED) is 0.584. The summed E-state index contributed by atoms with van der Waals surface area (Å²) in [7, 11) is 0. The smallest absolute Gasteiger partial charge is 0.309 e. The Bertz CT molecular complexity index is 410. The van der Waals surface area contributed by atoms with Crippen molar-refractivity contribution in [1.29, 1.82) is 0 Å². The van der Waals surface area contributed by atoms with Crippen molar-refractivity contribution in [2.24, 2.45) is 5.92 Å². The van der Waals surface area contributed by atoms with Gasteiger partial charge in [-0.3, -0.25) is 4.79 Å². The minimum absolute atomic E-state index is 0.0745. The molecule has 0 saturated heterocycles. The molecule has 0 spiro atoms. The van der Waals surface area contributed by atoms with Crippen LogP contribution in [0.15, 0.2) is 11.2 Å². The molecule has 2 N–H and O–H groups in total. The molecule has 100 valence electrons. The number of nitrogens with one attached hydrogen (secondary N) is 1. The Kier molecular flexibility index (Phi) is 5.91. The summed E-state index contributed by atoms with van der Waals surface area (Å²) in [5, 5.41) is 12.6. The monoisotopic (exact) mass is 269 g/mol. The van der Waals surface area contributed by atoms with Crippen molar-refractivity contribution in [2.75, 3.05) is 18.1 Å². The molecule has 0 aliphatic carbocycles. The Morgan fingerprint density at radius 3 is 2.78 bits per heavy atom. The van der Waals surface area contributed by atoms with Gasteiger partial charge in [0, 0.05) is 12.6 Å². The van der Waals surface area contributed by atoms with Crippen LogP contribution in [-0.2, 0) is 11.2 Å². The lowest BCUT2D eigenvalue weighted by atomic mass is 10.1. The Balaban J connectivity index is 2.73. The number of thioether (sulfide) groups is 1. The molecule has 18 heavy (non-hydrogen) atoms. The van der Waals surface area contributed by atoms with Crippen LogP contribution in [0.5, 0.6) is 0 Å². The number of anilines is 1. The molecule has 0 aliphatic heterocycles. The van der Waals surface area contributed by atoms with Crippen LogP contribution in [0.1, 0.15) is 26.0 Å². The van der Waals surface area contributed by atoms with Gasteiger partial charge in [0.25, 0.3) is 0 Å². The normalized spacial score (nSPS) is 10.7. The molecule has 0 amide bonds. The van der Waals surface area contributed by atoms with Crippen molar-refractivity contribution in [3.8, 4) is 0 Å². The van der Waals surface area contributed by atoms with E-state index in [1.54, 1.807) is 6.07 Å². The van der Waals surface area contributed by atoms with E-state index in [1.165, 1.54) is 11.8 Å². The average molecular weight is 269 g/mol. The Labute approximate surface area is 111 Å². The van der Waals surface area contributed by atoms with E-state index < -0.39 is 5.97 Å². The van der Waals surface area contributed by atoms with Gasteiger partial charge in [-0.05, 0) is 18.6 Å². The molecule has 5 nitrogen and oxygen atoms in total. The Morgan fingerprint density at radius 2 is 2.22 bits per heavy atom. The summed E-state index contributed by atoms with van der Waals surface area (Å²) in [6, 6.07) is 1.70. The second-order valence-electron chi connectivity index (χ2n) is 4.41. The topological polar surface area (TPSA) is 75.1 Å². The van der Waals surface area contributed by atoms with Crippen molar-refractivity contribution in [3.05, 3.63) is 11.8 Å². The van der Waals surface area contributed by atoms with Gasteiger partial charge in [-0.15, -0.1) is 0 Å². The molecule has 1 aromatic rings. The van der Waals surface area contributed by atoms with E-state index >= 15 is 0 Å². The molecule has 0 aliphatic rings. The lowest BCUT2D eigenvalue weighted by Gasteiger charge is -2.09. The molecule has 0 unspecified atom stereocenters. The summed E-state index contributed by atoms with van der Waals surface area (Å²) in [6.07, 6.45) is 2.85. The third-order valence-corrected chi connectivity index (χ3v) is 2.85. The molecule has 1 rings (SSSR count). The fourth-order valence-electron chi connectivity index (χ4n) is 1.39. The number of carbonyl (C=O) groups is 1. The molecule has 0 saturated carbocycles. The predicted molar refractivity (Wildman–Crippen MR) is 73.1 cm³/mol. The molecule has 0 radical (unpaired) electrons. The second kappa shape index (κ2) is 7.20. The molecule has 0 bridgehead atoms. The van der Waals surface area contributed by atoms with Crippen molar-refractivity contribution in [2.45, 2.75) is 31.8 Å². The van der Waals surface area contributed by atoms with E-state index in [0.717, 1.165) is 13.0 Å². The third-order valence-electron chi connectivity index (χ3n) is 2.30. The fourth-order valence-corrected chi connectivity index (χ4v) is 1.79. The predicted octanol–water partition coefficient (Wildman–Crippen LogP) is 2.28. The summed E-state index contributed by atoms with van der Waals surface area (Å²) < 4.78 is 0. The summed E-state index contributed by atoms with van der Waals surface area (Å²) in [5.74, 6) is 0.443. The highest BCUT2D eigenvalue weighted by Crippen LogP contribution is 2.15. The maximum Gasteiger partial charge on any atom is 0.309 e. The maximum atomic E-state index is 10.7. The summed E-state index contributed by atoms with van der Waals surface area (Å²) in [6.45, 7) is 5.14. The highest BCUT2D eigenvalue weighted by molar-refractivity contribution is 7.98.